The lowest BCUT2D eigenvalue weighted by Crippen LogP contribution is -2.30. The van der Waals surface area contributed by atoms with E-state index in [-0.39, 0.29) is 12.0 Å². The van der Waals surface area contributed by atoms with E-state index in [0.717, 1.165) is 25.8 Å². The van der Waals surface area contributed by atoms with Crippen molar-refractivity contribution in [2.45, 2.75) is 38.7 Å². The largest absolute Gasteiger partial charge is 0.393 e. The highest BCUT2D eigenvalue weighted by Gasteiger charge is 2.23. The molecule has 1 aromatic rings. The first kappa shape index (κ1) is 15.7. The summed E-state index contributed by atoms with van der Waals surface area (Å²) in [6, 6.07) is 1.69. The number of nitrogens with one attached hydrogen (secondary N) is 2. The Balaban J connectivity index is 2.02. The lowest BCUT2D eigenvalue weighted by molar-refractivity contribution is 0.0763. The molecule has 1 fully saturated rings. The Bertz CT molecular complexity index is 456. The highest BCUT2D eigenvalue weighted by atomic mass is 35.5. The minimum Gasteiger partial charge on any atom is -0.393 e. The van der Waals surface area contributed by atoms with Gasteiger partial charge in [-0.05, 0) is 25.8 Å². The van der Waals surface area contributed by atoms with Crippen molar-refractivity contribution in [3.8, 4) is 0 Å². The van der Waals surface area contributed by atoms with Crippen molar-refractivity contribution < 1.29 is 5.11 Å². The van der Waals surface area contributed by atoms with Gasteiger partial charge in [0.15, 0.2) is 0 Å². The lowest BCUT2D eigenvalue weighted by atomic mass is 9.86. The molecule has 2 rings (SSSR count). The van der Waals surface area contributed by atoms with Crippen molar-refractivity contribution in [2.24, 2.45) is 5.92 Å². The van der Waals surface area contributed by atoms with Crippen molar-refractivity contribution in [1.82, 2.24) is 4.98 Å². The number of anilines is 2. The van der Waals surface area contributed by atoms with Gasteiger partial charge in [-0.15, -0.1) is 0 Å². The van der Waals surface area contributed by atoms with Crippen molar-refractivity contribution in [1.29, 1.82) is 0 Å². The second-order valence-corrected chi connectivity index (χ2v) is 5.99. The second-order valence-electron chi connectivity index (χ2n) is 5.17. The molecule has 2 atom stereocenters. The van der Waals surface area contributed by atoms with Crippen LogP contribution >= 0.6 is 23.2 Å². The summed E-state index contributed by atoms with van der Waals surface area (Å²) in [7, 11) is 0. The summed E-state index contributed by atoms with van der Waals surface area (Å²) < 4.78 is 0. The van der Waals surface area contributed by atoms with Gasteiger partial charge in [0.25, 0.3) is 0 Å². The Labute approximate surface area is 129 Å². The molecule has 6 heteroatoms. The zero-order chi connectivity index (χ0) is 14.5. The molecule has 0 amide bonds. The Kier molecular flexibility index (Phi) is 5.75. The van der Waals surface area contributed by atoms with Crippen LogP contribution in [0.4, 0.5) is 11.6 Å². The van der Waals surface area contributed by atoms with Crippen LogP contribution in [0.1, 0.15) is 32.6 Å². The molecule has 112 valence electrons. The van der Waals surface area contributed by atoms with Crippen LogP contribution in [0.3, 0.4) is 0 Å². The monoisotopic (exact) mass is 317 g/mol. The molecule has 1 aromatic heterocycles. The molecule has 2 unspecified atom stereocenters. The van der Waals surface area contributed by atoms with Gasteiger partial charge < -0.3 is 15.7 Å². The Morgan fingerprint density at radius 2 is 1.85 bits per heavy atom. The molecule has 1 saturated carbocycles. The summed E-state index contributed by atoms with van der Waals surface area (Å²) >= 11 is 12.2. The number of halogens is 2. The molecule has 3 N–H and O–H groups in total. The Hall–Kier alpha value is -0.710. The third-order valence-electron chi connectivity index (χ3n) is 3.67. The van der Waals surface area contributed by atoms with Gasteiger partial charge in [-0.1, -0.05) is 36.0 Å². The normalized spacial score (nSPS) is 22.6. The predicted molar refractivity (Wildman–Crippen MR) is 84.9 cm³/mol. The fraction of sp³-hybridized carbons (Fsp3) is 0.643. The zero-order valence-electron chi connectivity index (χ0n) is 11.6. The van der Waals surface area contributed by atoms with E-state index in [9.17, 15) is 5.11 Å². The first-order valence-electron chi connectivity index (χ1n) is 7.13. The molecule has 1 aliphatic rings. The van der Waals surface area contributed by atoms with Gasteiger partial charge in [0.1, 0.15) is 11.6 Å². The quantitative estimate of drug-likeness (QED) is 0.773. The maximum atomic E-state index is 9.97. The number of aromatic nitrogens is 1. The van der Waals surface area contributed by atoms with Gasteiger partial charge in [-0.25, -0.2) is 4.98 Å². The molecule has 0 spiro atoms. The molecule has 1 heterocycles. The Morgan fingerprint density at radius 1 is 1.20 bits per heavy atom. The van der Waals surface area contributed by atoms with Crippen LogP contribution in [-0.4, -0.2) is 29.3 Å². The van der Waals surface area contributed by atoms with E-state index in [2.05, 4.69) is 15.6 Å². The molecule has 4 nitrogen and oxygen atoms in total. The molecule has 0 saturated heterocycles. The number of rotatable bonds is 5. The summed E-state index contributed by atoms with van der Waals surface area (Å²) in [5.74, 6) is 1.51. The van der Waals surface area contributed by atoms with Crippen molar-refractivity contribution in [3.63, 3.8) is 0 Å². The summed E-state index contributed by atoms with van der Waals surface area (Å²) in [5, 5.41) is 17.3. The van der Waals surface area contributed by atoms with E-state index in [4.69, 9.17) is 23.2 Å². The molecule has 20 heavy (non-hydrogen) atoms. The molecule has 1 aliphatic carbocycles. The van der Waals surface area contributed by atoms with Gasteiger partial charge in [-0.3, -0.25) is 0 Å². The van der Waals surface area contributed by atoms with E-state index in [0.29, 0.717) is 28.2 Å². The molecular formula is C14H21Cl2N3O. The minimum absolute atomic E-state index is 0.226. The predicted octanol–water partition coefficient (Wildman–Crippen LogP) is 3.78. The summed E-state index contributed by atoms with van der Waals surface area (Å²) in [5.41, 5.74) is 0. The molecule has 0 bridgehead atoms. The summed E-state index contributed by atoms with van der Waals surface area (Å²) in [4.78, 5) is 4.40. The molecule has 0 aromatic carbocycles. The topological polar surface area (TPSA) is 57.2 Å². The van der Waals surface area contributed by atoms with Gasteiger partial charge in [0.05, 0.1) is 16.1 Å². The van der Waals surface area contributed by atoms with Crippen LogP contribution in [-0.2, 0) is 0 Å². The fourth-order valence-electron chi connectivity index (χ4n) is 2.54. The molecule has 0 radical (unpaired) electrons. The first-order valence-corrected chi connectivity index (χ1v) is 7.89. The first-order chi connectivity index (χ1) is 9.61. The van der Waals surface area contributed by atoms with E-state index in [1.165, 1.54) is 6.42 Å². The lowest BCUT2D eigenvalue weighted by Gasteiger charge is -2.28. The smallest absolute Gasteiger partial charge is 0.147 e. The molecular weight excluding hydrogens is 297 g/mol. The average molecular weight is 318 g/mol. The summed E-state index contributed by atoms with van der Waals surface area (Å²) in [6.07, 6.45) is 3.99. The SMILES string of the molecule is CCNc1nc(NCC2CCCCC2O)c(Cl)cc1Cl. The maximum absolute atomic E-state index is 9.97. The van der Waals surface area contributed by atoms with Crippen molar-refractivity contribution >= 4 is 34.8 Å². The van der Waals surface area contributed by atoms with Crippen LogP contribution in [0.5, 0.6) is 0 Å². The van der Waals surface area contributed by atoms with E-state index >= 15 is 0 Å². The second kappa shape index (κ2) is 7.34. The highest BCUT2D eigenvalue weighted by molar-refractivity contribution is 6.37. The van der Waals surface area contributed by atoms with Crippen molar-refractivity contribution in [2.75, 3.05) is 23.7 Å². The van der Waals surface area contributed by atoms with E-state index in [1.54, 1.807) is 6.07 Å². The van der Waals surface area contributed by atoms with Gasteiger partial charge in [-0.2, -0.15) is 0 Å². The third kappa shape index (κ3) is 3.90. The Morgan fingerprint density at radius 3 is 2.50 bits per heavy atom. The van der Waals surface area contributed by atoms with Crippen LogP contribution in [0.15, 0.2) is 6.07 Å². The maximum Gasteiger partial charge on any atom is 0.147 e. The van der Waals surface area contributed by atoms with Gasteiger partial charge in [0, 0.05) is 19.0 Å². The highest BCUT2D eigenvalue weighted by Crippen LogP contribution is 2.30. The number of aliphatic hydroxyl groups excluding tert-OH is 1. The number of nitrogens with zero attached hydrogens (tertiary/aromatic N) is 1. The third-order valence-corrected chi connectivity index (χ3v) is 4.25. The van der Waals surface area contributed by atoms with Crippen LogP contribution in [0.2, 0.25) is 10.0 Å². The van der Waals surface area contributed by atoms with Crippen molar-refractivity contribution in [3.05, 3.63) is 16.1 Å². The zero-order valence-corrected chi connectivity index (χ0v) is 13.1. The number of hydrogen-bond donors (Lipinski definition) is 3. The molecule has 0 aliphatic heterocycles. The minimum atomic E-state index is -0.226. The number of pyridine rings is 1. The van der Waals surface area contributed by atoms with Crippen LogP contribution < -0.4 is 10.6 Å². The average Bonchev–Trinajstić information content (AvgIpc) is 2.42. The number of hydrogen-bond acceptors (Lipinski definition) is 4. The fourth-order valence-corrected chi connectivity index (χ4v) is 3.03. The van der Waals surface area contributed by atoms with Gasteiger partial charge >= 0.3 is 0 Å². The van der Waals surface area contributed by atoms with E-state index < -0.39 is 0 Å². The summed E-state index contributed by atoms with van der Waals surface area (Å²) in [6.45, 7) is 3.41. The number of aliphatic hydroxyl groups is 1. The standard InChI is InChI=1S/C14H21Cl2N3O/c1-2-17-13-10(15)7-11(16)14(19-13)18-8-9-5-3-4-6-12(9)20/h7,9,12,20H,2-6,8H2,1H3,(H2,17,18,19). The van der Waals surface area contributed by atoms with Gasteiger partial charge in [0.2, 0.25) is 0 Å². The van der Waals surface area contributed by atoms with Crippen LogP contribution in [0, 0.1) is 5.92 Å². The van der Waals surface area contributed by atoms with E-state index in [1.807, 2.05) is 6.92 Å². The van der Waals surface area contributed by atoms with Crippen LogP contribution in [0.25, 0.3) is 0 Å².